The lowest BCUT2D eigenvalue weighted by atomic mass is 10.1. The zero-order chi connectivity index (χ0) is 14.5. The van der Waals surface area contributed by atoms with Gasteiger partial charge in [0.05, 0.1) is 6.61 Å². The number of aryl methyl sites for hydroxylation is 1. The molecule has 0 aliphatic carbocycles. The SMILES string of the molecule is O=C(CCc1ccccc1)NCc1ccc2c(c1)CCO2. The summed E-state index contributed by atoms with van der Waals surface area (Å²) < 4.78 is 5.48. The molecule has 0 unspecified atom stereocenters. The van der Waals surface area contributed by atoms with Gasteiger partial charge in [0.1, 0.15) is 5.75 Å². The molecule has 1 aliphatic rings. The topological polar surface area (TPSA) is 38.3 Å². The molecule has 0 bridgehead atoms. The molecule has 2 aromatic carbocycles. The van der Waals surface area contributed by atoms with Gasteiger partial charge >= 0.3 is 0 Å². The van der Waals surface area contributed by atoms with Crippen LogP contribution in [0.5, 0.6) is 5.75 Å². The minimum atomic E-state index is 0.0931. The molecule has 0 aromatic heterocycles. The van der Waals surface area contributed by atoms with Crippen molar-refractivity contribution in [2.45, 2.75) is 25.8 Å². The van der Waals surface area contributed by atoms with Crippen molar-refractivity contribution in [3.05, 3.63) is 65.2 Å². The van der Waals surface area contributed by atoms with Crippen LogP contribution in [0.3, 0.4) is 0 Å². The van der Waals surface area contributed by atoms with E-state index in [9.17, 15) is 4.79 Å². The summed E-state index contributed by atoms with van der Waals surface area (Å²) in [6.07, 6.45) is 2.27. The highest BCUT2D eigenvalue weighted by Crippen LogP contribution is 2.25. The van der Waals surface area contributed by atoms with Gasteiger partial charge in [-0.3, -0.25) is 4.79 Å². The third-order valence-corrected chi connectivity index (χ3v) is 3.73. The fourth-order valence-electron chi connectivity index (χ4n) is 2.54. The molecule has 0 saturated heterocycles. The molecule has 1 aliphatic heterocycles. The summed E-state index contributed by atoms with van der Waals surface area (Å²) in [4.78, 5) is 11.9. The first kappa shape index (κ1) is 13.7. The summed E-state index contributed by atoms with van der Waals surface area (Å²) >= 11 is 0. The predicted octanol–water partition coefficient (Wildman–Crippen LogP) is 2.87. The van der Waals surface area contributed by atoms with Gasteiger partial charge in [0.15, 0.2) is 0 Å². The van der Waals surface area contributed by atoms with Crippen molar-refractivity contribution in [2.75, 3.05) is 6.61 Å². The Bertz CT molecular complexity index is 622. The van der Waals surface area contributed by atoms with Crippen LogP contribution in [-0.2, 0) is 24.2 Å². The Morgan fingerprint density at radius 1 is 1.10 bits per heavy atom. The fraction of sp³-hybridized carbons (Fsp3) is 0.278. The van der Waals surface area contributed by atoms with Crippen LogP contribution in [0.15, 0.2) is 48.5 Å². The summed E-state index contributed by atoms with van der Waals surface area (Å²) in [5.41, 5.74) is 3.57. The van der Waals surface area contributed by atoms with Crippen molar-refractivity contribution < 1.29 is 9.53 Å². The highest BCUT2D eigenvalue weighted by Gasteiger charge is 2.12. The number of hydrogen-bond acceptors (Lipinski definition) is 2. The van der Waals surface area contributed by atoms with E-state index in [2.05, 4.69) is 11.4 Å². The van der Waals surface area contributed by atoms with Gasteiger partial charge in [0, 0.05) is 19.4 Å². The monoisotopic (exact) mass is 281 g/mol. The number of benzene rings is 2. The van der Waals surface area contributed by atoms with Crippen molar-refractivity contribution in [1.82, 2.24) is 5.32 Å². The summed E-state index contributed by atoms with van der Waals surface area (Å²) in [7, 11) is 0. The van der Waals surface area contributed by atoms with Gasteiger partial charge in [0.25, 0.3) is 0 Å². The standard InChI is InChI=1S/C18H19NO2/c20-18(9-7-14-4-2-1-3-5-14)19-13-15-6-8-17-16(12-15)10-11-21-17/h1-6,8,12H,7,9-11,13H2,(H,19,20). The van der Waals surface area contributed by atoms with Gasteiger partial charge < -0.3 is 10.1 Å². The minimum Gasteiger partial charge on any atom is -0.493 e. The molecular formula is C18H19NO2. The van der Waals surface area contributed by atoms with E-state index in [1.165, 1.54) is 11.1 Å². The van der Waals surface area contributed by atoms with Crippen molar-refractivity contribution in [1.29, 1.82) is 0 Å². The molecule has 3 rings (SSSR count). The molecule has 0 fully saturated rings. The highest BCUT2D eigenvalue weighted by molar-refractivity contribution is 5.76. The largest absolute Gasteiger partial charge is 0.493 e. The van der Waals surface area contributed by atoms with Crippen LogP contribution in [0.4, 0.5) is 0 Å². The van der Waals surface area contributed by atoms with Crippen LogP contribution in [0, 0.1) is 0 Å². The van der Waals surface area contributed by atoms with Crippen LogP contribution < -0.4 is 10.1 Å². The summed E-state index contributed by atoms with van der Waals surface area (Å²) in [6, 6.07) is 16.2. The van der Waals surface area contributed by atoms with Gasteiger partial charge in [-0.2, -0.15) is 0 Å². The van der Waals surface area contributed by atoms with Crippen LogP contribution in [-0.4, -0.2) is 12.5 Å². The normalized spacial score (nSPS) is 12.6. The Labute approximate surface area is 124 Å². The number of amides is 1. The molecule has 2 aromatic rings. The first-order valence-electron chi connectivity index (χ1n) is 7.36. The van der Waals surface area contributed by atoms with Crippen molar-refractivity contribution in [3.8, 4) is 5.75 Å². The summed E-state index contributed by atoms with van der Waals surface area (Å²) in [6.45, 7) is 1.35. The van der Waals surface area contributed by atoms with Crippen molar-refractivity contribution in [3.63, 3.8) is 0 Å². The molecule has 0 atom stereocenters. The lowest BCUT2D eigenvalue weighted by Gasteiger charge is -2.07. The maximum Gasteiger partial charge on any atom is 0.220 e. The third kappa shape index (κ3) is 3.63. The van der Waals surface area contributed by atoms with E-state index in [-0.39, 0.29) is 5.91 Å². The van der Waals surface area contributed by atoms with Crippen LogP contribution in [0.25, 0.3) is 0 Å². The molecule has 1 N–H and O–H groups in total. The molecule has 3 heteroatoms. The number of hydrogen-bond donors (Lipinski definition) is 1. The maximum atomic E-state index is 11.9. The third-order valence-electron chi connectivity index (χ3n) is 3.73. The molecule has 0 spiro atoms. The Morgan fingerprint density at radius 2 is 1.95 bits per heavy atom. The number of ether oxygens (including phenoxy) is 1. The molecule has 1 heterocycles. The minimum absolute atomic E-state index is 0.0931. The predicted molar refractivity (Wildman–Crippen MR) is 82.3 cm³/mol. The Balaban J connectivity index is 1.47. The van der Waals surface area contributed by atoms with E-state index < -0.39 is 0 Å². The van der Waals surface area contributed by atoms with Crippen molar-refractivity contribution >= 4 is 5.91 Å². The quantitative estimate of drug-likeness (QED) is 0.915. The number of carbonyl (C=O) groups excluding carboxylic acids is 1. The average molecular weight is 281 g/mol. The zero-order valence-electron chi connectivity index (χ0n) is 12.0. The second-order valence-electron chi connectivity index (χ2n) is 5.30. The van der Waals surface area contributed by atoms with E-state index in [0.29, 0.717) is 13.0 Å². The highest BCUT2D eigenvalue weighted by atomic mass is 16.5. The lowest BCUT2D eigenvalue weighted by molar-refractivity contribution is -0.121. The number of carbonyl (C=O) groups is 1. The Morgan fingerprint density at radius 3 is 2.81 bits per heavy atom. The molecule has 1 amide bonds. The second kappa shape index (κ2) is 6.44. The smallest absolute Gasteiger partial charge is 0.220 e. The van der Waals surface area contributed by atoms with Gasteiger partial charge in [-0.25, -0.2) is 0 Å². The summed E-state index contributed by atoms with van der Waals surface area (Å²) in [5.74, 6) is 1.07. The maximum absolute atomic E-state index is 11.9. The molecule has 0 radical (unpaired) electrons. The van der Waals surface area contributed by atoms with Gasteiger partial charge in [-0.1, -0.05) is 42.5 Å². The molecule has 0 saturated carbocycles. The lowest BCUT2D eigenvalue weighted by Crippen LogP contribution is -2.23. The molecule has 3 nitrogen and oxygen atoms in total. The van der Waals surface area contributed by atoms with Gasteiger partial charge in [-0.15, -0.1) is 0 Å². The van der Waals surface area contributed by atoms with Crippen LogP contribution >= 0.6 is 0 Å². The van der Waals surface area contributed by atoms with Gasteiger partial charge in [0.2, 0.25) is 5.91 Å². The van der Waals surface area contributed by atoms with Gasteiger partial charge in [-0.05, 0) is 29.2 Å². The van der Waals surface area contributed by atoms with E-state index in [1.54, 1.807) is 0 Å². The first-order chi connectivity index (χ1) is 10.3. The van der Waals surface area contributed by atoms with E-state index in [4.69, 9.17) is 4.74 Å². The molecule has 108 valence electrons. The summed E-state index contributed by atoms with van der Waals surface area (Å²) in [5, 5.41) is 2.98. The van der Waals surface area contributed by atoms with Crippen molar-refractivity contribution in [2.24, 2.45) is 0 Å². The van der Waals surface area contributed by atoms with E-state index in [0.717, 1.165) is 30.8 Å². The number of fused-ring (bicyclic) bond motifs is 1. The first-order valence-corrected chi connectivity index (χ1v) is 7.36. The van der Waals surface area contributed by atoms with E-state index >= 15 is 0 Å². The second-order valence-corrected chi connectivity index (χ2v) is 5.30. The Kier molecular flexibility index (Phi) is 4.20. The van der Waals surface area contributed by atoms with Crippen LogP contribution in [0.1, 0.15) is 23.1 Å². The Hall–Kier alpha value is -2.29. The average Bonchev–Trinajstić information content (AvgIpc) is 2.99. The number of nitrogens with one attached hydrogen (secondary N) is 1. The fourth-order valence-corrected chi connectivity index (χ4v) is 2.54. The molecular weight excluding hydrogens is 262 g/mol. The van der Waals surface area contributed by atoms with Crippen LogP contribution in [0.2, 0.25) is 0 Å². The number of rotatable bonds is 5. The van der Waals surface area contributed by atoms with E-state index in [1.807, 2.05) is 42.5 Å². The molecule has 21 heavy (non-hydrogen) atoms. The zero-order valence-corrected chi connectivity index (χ0v) is 12.0.